The Labute approximate surface area is 133 Å². The molecule has 0 aliphatic carbocycles. The van der Waals surface area contributed by atoms with Crippen molar-refractivity contribution in [3.8, 4) is 0 Å². The third kappa shape index (κ3) is 3.46. The number of rotatable bonds is 5. The minimum Gasteiger partial charge on any atom is -0.313 e. The maximum absolute atomic E-state index is 4.69. The van der Waals surface area contributed by atoms with E-state index in [9.17, 15) is 0 Å². The van der Waals surface area contributed by atoms with Crippen LogP contribution < -0.4 is 5.32 Å². The highest BCUT2D eigenvalue weighted by Crippen LogP contribution is 2.35. The van der Waals surface area contributed by atoms with Crippen LogP contribution in [0.15, 0.2) is 51.7 Å². The van der Waals surface area contributed by atoms with Crippen LogP contribution in [-0.2, 0) is 6.54 Å². The molecule has 0 unspecified atom stereocenters. The van der Waals surface area contributed by atoms with E-state index in [0.29, 0.717) is 0 Å². The van der Waals surface area contributed by atoms with Crippen LogP contribution in [0.2, 0.25) is 0 Å². The van der Waals surface area contributed by atoms with Gasteiger partial charge in [-0.2, -0.15) is 0 Å². The van der Waals surface area contributed by atoms with Crippen molar-refractivity contribution in [3.05, 3.63) is 53.6 Å². The number of aromatic nitrogens is 1. The van der Waals surface area contributed by atoms with Gasteiger partial charge in [-0.15, -0.1) is 11.3 Å². The van der Waals surface area contributed by atoms with E-state index in [1.807, 2.05) is 6.07 Å². The molecule has 108 valence electrons. The fraction of sp³-hybridized carbons (Fsp3) is 0.235. The lowest BCUT2D eigenvalue weighted by Gasteiger charge is -2.07. The molecule has 0 saturated carbocycles. The molecule has 1 aromatic heterocycles. The SMILES string of the molecule is CCNCc1ccc(Sc2nc3ccccc3s2)c(C)c1. The summed E-state index contributed by atoms with van der Waals surface area (Å²) in [6.45, 7) is 6.24. The minimum atomic E-state index is 0.934. The molecule has 0 bridgehead atoms. The summed E-state index contributed by atoms with van der Waals surface area (Å²) in [6, 6.07) is 15.0. The van der Waals surface area contributed by atoms with E-state index in [4.69, 9.17) is 4.98 Å². The molecule has 4 heteroatoms. The molecule has 3 aromatic rings. The number of benzene rings is 2. The summed E-state index contributed by atoms with van der Waals surface area (Å²) in [4.78, 5) is 5.98. The maximum atomic E-state index is 4.69. The van der Waals surface area contributed by atoms with Gasteiger partial charge in [-0.1, -0.05) is 43.0 Å². The Balaban J connectivity index is 1.80. The highest BCUT2D eigenvalue weighted by atomic mass is 32.2. The van der Waals surface area contributed by atoms with Crippen molar-refractivity contribution >= 4 is 33.3 Å². The summed E-state index contributed by atoms with van der Waals surface area (Å²) in [5.74, 6) is 0. The van der Waals surface area contributed by atoms with Gasteiger partial charge in [-0.05, 0) is 42.8 Å². The summed E-state index contributed by atoms with van der Waals surface area (Å²) in [5.41, 5.74) is 3.74. The number of hydrogen-bond donors (Lipinski definition) is 1. The second-order valence-corrected chi connectivity index (χ2v) is 7.25. The molecule has 2 aromatic carbocycles. The third-order valence-electron chi connectivity index (χ3n) is 3.29. The first-order valence-corrected chi connectivity index (χ1v) is 8.73. The molecule has 0 amide bonds. The number of para-hydroxylation sites is 1. The van der Waals surface area contributed by atoms with Crippen LogP contribution in [0.5, 0.6) is 0 Å². The molecular weight excluding hydrogens is 296 g/mol. The van der Waals surface area contributed by atoms with E-state index in [0.717, 1.165) is 22.9 Å². The van der Waals surface area contributed by atoms with Crippen LogP contribution in [0.25, 0.3) is 10.2 Å². The predicted molar refractivity (Wildman–Crippen MR) is 92.3 cm³/mol. The van der Waals surface area contributed by atoms with Crippen LogP contribution in [0.4, 0.5) is 0 Å². The van der Waals surface area contributed by atoms with Crippen LogP contribution in [0.1, 0.15) is 18.1 Å². The van der Waals surface area contributed by atoms with E-state index < -0.39 is 0 Å². The van der Waals surface area contributed by atoms with Crippen LogP contribution >= 0.6 is 23.1 Å². The number of aryl methyl sites for hydroxylation is 1. The fourth-order valence-electron chi connectivity index (χ4n) is 2.19. The topological polar surface area (TPSA) is 24.9 Å². The molecule has 0 aliphatic heterocycles. The third-order valence-corrected chi connectivity index (χ3v) is 5.56. The smallest absolute Gasteiger partial charge is 0.155 e. The van der Waals surface area contributed by atoms with Crippen molar-refractivity contribution in [1.82, 2.24) is 10.3 Å². The first kappa shape index (κ1) is 14.6. The molecule has 0 spiro atoms. The molecule has 0 saturated heterocycles. The quantitative estimate of drug-likeness (QED) is 0.727. The molecule has 0 radical (unpaired) electrons. The van der Waals surface area contributed by atoms with Crippen molar-refractivity contribution in [2.24, 2.45) is 0 Å². The van der Waals surface area contributed by atoms with Crippen LogP contribution in [-0.4, -0.2) is 11.5 Å². The Bertz CT molecular complexity index is 716. The lowest BCUT2D eigenvalue weighted by molar-refractivity contribution is 0.726. The monoisotopic (exact) mass is 314 g/mol. The molecule has 0 fully saturated rings. The van der Waals surface area contributed by atoms with Crippen LogP contribution in [0.3, 0.4) is 0 Å². The molecular formula is C17H18N2S2. The number of hydrogen-bond acceptors (Lipinski definition) is 4. The normalized spacial score (nSPS) is 11.1. The Morgan fingerprint density at radius 1 is 1.19 bits per heavy atom. The first-order chi connectivity index (χ1) is 10.3. The van der Waals surface area contributed by atoms with Crippen molar-refractivity contribution in [1.29, 1.82) is 0 Å². The molecule has 0 atom stereocenters. The van der Waals surface area contributed by atoms with Crippen LogP contribution in [0, 0.1) is 6.92 Å². The van der Waals surface area contributed by atoms with Gasteiger partial charge in [0.05, 0.1) is 10.2 Å². The Morgan fingerprint density at radius 3 is 2.81 bits per heavy atom. The average Bonchev–Trinajstić information content (AvgIpc) is 2.90. The second kappa shape index (κ2) is 6.60. The number of nitrogens with one attached hydrogen (secondary N) is 1. The minimum absolute atomic E-state index is 0.934. The molecule has 3 rings (SSSR count). The molecule has 2 nitrogen and oxygen atoms in total. The highest BCUT2D eigenvalue weighted by Gasteiger charge is 2.07. The second-order valence-electron chi connectivity index (χ2n) is 4.93. The number of nitrogens with zero attached hydrogens (tertiary/aromatic N) is 1. The van der Waals surface area contributed by atoms with Crippen molar-refractivity contribution in [3.63, 3.8) is 0 Å². The van der Waals surface area contributed by atoms with E-state index in [1.165, 1.54) is 20.7 Å². The number of fused-ring (bicyclic) bond motifs is 1. The van der Waals surface area contributed by atoms with E-state index in [1.54, 1.807) is 23.1 Å². The predicted octanol–water partition coefficient (Wildman–Crippen LogP) is 4.87. The van der Waals surface area contributed by atoms with Gasteiger partial charge in [0, 0.05) is 11.4 Å². The lowest BCUT2D eigenvalue weighted by Crippen LogP contribution is -2.11. The van der Waals surface area contributed by atoms with Crippen molar-refractivity contribution < 1.29 is 0 Å². The zero-order valence-electron chi connectivity index (χ0n) is 12.2. The standard InChI is InChI=1S/C17H18N2S2/c1-3-18-11-13-8-9-15(12(2)10-13)20-17-19-14-6-4-5-7-16(14)21-17/h4-10,18H,3,11H2,1-2H3. The summed E-state index contributed by atoms with van der Waals surface area (Å²) < 4.78 is 2.36. The van der Waals surface area contributed by atoms with Gasteiger partial charge in [0.15, 0.2) is 4.34 Å². The summed E-state index contributed by atoms with van der Waals surface area (Å²) in [6.07, 6.45) is 0. The van der Waals surface area contributed by atoms with Crippen molar-refractivity contribution in [2.75, 3.05) is 6.54 Å². The van der Waals surface area contributed by atoms with E-state index in [-0.39, 0.29) is 0 Å². The maximum Gasteiger partial charge on any atom is 0.155 e. The average molecular weight is 314 g/mol. The van der Waals surface area contributed by atoms with E-state index >= 15 is 0 Å². The molecule has 1 heterocycles. The van der Waals surface area contributed by atoms with Gasteiger partial charge < -0.3 is 5.32 Å². The van der Waals surface area contributed by atoms with Crippen molar-refractivity contribution in [2.45, 2.75) is 29.6 Å². The zero-order chi connectivity index (χ0) is 14.7. The number of thiazole rings is 1. The Hall–Kier alpha value is -1.36. The van der Waals surface area contributed by atoms with Gasteiger partial charge >= 0.3 is 0 Å². The lowest BCUT2D eigenvalue weighted by atomic mass is 10.1. The molecule has 21 heavy (non-hydrogen) atoms. The summed E-state index contributed by atoms with van der Waals surface area (Å²) in [7, 11) is 0. The van der Waals surface area contributed by atoms with Gasteiger partial charge in [-0.25, -0.2) is 4.98 Å². The Morgan fingerprint density at radius 2 is 2.05 bits per heavy atom. The van der Waals surface area contributed by atoms with E-state index in [2.05, 4.69) is 55.6 Å². The first-order valence-electron chi connectivity index (χ1n) is 7.10. The van der Waals surface area contributed by atoms with Gasteiger partial charge in [0.2, 0.25) is 0 Å². The summed E-state index contributed by atoms with van der Waals surface area (Å²) in [5, 5.41) is 3.36. The fourth-order valence-corrected chi connectivity index (χ4v) is 4.28. The van der Waals surface area contributed by atoms with Gasteiger partial charge in [0.1, 0.15) is 0 Å². The highest BCUT2D eigenvalue weighted by molar-refractivity contribution is 8.01. The van der Waals surface area contributed by atoms with Gasteiger partial charge in [0.25, 0.3) is 0 Å². The molecule has 0 aliphatic rings. The molecule has 1 N–H and O–H groups in total. The summed E-state index contributed by atoms with van der Waals surface area (Å²) >= 11 is 3.52. The Kier molecular flexibility index (Phi) is 4.58. The largest absolute Gasteiger partial charge is 0.313 e. The van der Waals surface area contributed by atoms with Gasteiger partial charge in [-0.3, -0.25) is 0 Å². The zero-order valence-corrected chi connectivity index (χ0v) is 13.9.